The first kappa shape index (κ1) is 17.2. The van der Waals surface area contributed by atoms with Gasteiger partial charge in [-0.1, -0.05) is 26.0 Å². The van der Waals surface area contributed by atoms with Crippen LogP contribution in [0.2, 0.25) is 0 Å². The molecule has 1 amide bonds. The van der Waals surface area contributed by atoms with Crippen LogP contribution >= 0.6 is 0 Å². The molecule has 5 heteroatoms. The highest BCUT2D eigenvalue weighted by molar-refractivity contribution is 7.90. The maximum atomic E-state index is 12.2. The molecule has 2 aromatic rings. The normalized spacial score (nSPS) is 12.7. The van der Waals surface area contributed by atoms with Gasteiger partial charge in [0.1, 0.15) is 0 Å². The van der Waals surface area contributed by atoms with Crippen LogP contribution in [-0.4, -0.2) is 20.6 Å². The van der Waals surface area contributed by atoms with E-state index in [4.69, 9.17) is 0 Å². The predicted octanol–water partition coefficient (Wildman–Crippen LogP) is 3.86. The summed E-state index contributed by atoms with van der Waals surface area (Å²) in [6.45, 7) is 4.30. The molecule has 122 valence electrons. The van der Waals surface area contributed by atoms with Gasteiger partial charge >= 0.3 is 0 Å². The van der Waals surface area contributed by atoms with E-state index in [-0.39, 0.29) is 10.8 Å². The number of amides is 1. The van der Waals surface area contributed by atoms with Gasteiger partial charge in [0.15, 0.2) is 9.84 Å². The number of anilines is 1. The van der Waals surface area contributed by atoms with Crippen molar-refractivity contribution in [2.75, 3.05) is 11.6 Å². The van der Waals surface area contributed by atoms with E-state index in [1.165, 1.54) is 29.8 Å². The van der Waals surface area contributed by atoms with Gasteiger partial charge in [0, 0.05) is 17.5 Å². The van der Waals surface area contributed by atoms with Crippen LogP contribution < -0.4 is 5.32 Å². The van der Waals surface area contributed by atoms with Crippen LogP contribution in [0.25, 0.3) is 0 Å². The lowest BCUT2D eigenvalue weighted by Gasteiger charge is -2.10. The van der Waals surface area contributed by atoms with E-state index in [1.807, 2.05) is 24.3 Å². The van der Waals surface area contributed by atoms with Gasteiger partial charge in [-0.05, 0) is 54.3 Å². The van der Waals surface area contributed by atoms with Crippen molar-refractivity contribution in [3.8, 4) is 0 Å². The average Bonchev–Trinajstić information content (AvgIpc) is 2.54. The van der Waals surface area contributed by atoms with Crippen LogP contribution in [-0.2, 0) is 9.84 Å². The summed E-state index contributed by atoms with van der Waals surface area (Å²) >= 11 is 0. The standard InChI is InChI=1S/C18H21NO3S/c1-4-13(2)14-5-9-16(10-6-14)19-18(20)15-7-11-17(12-8-15)23(3,21)22/h5-13H,4H2,1-3H3,(H,19,20)/t13-/m0/s1. The first-order valence-electron chi connectivity index (χ1n) is 7.52. The molecule has 0 heterocycles. The van der Waals surface area contributed by atoms with Crippen LogP contribution in [0.1, 0.15) is 42.1 Å². The van der Waals surface area contributed by atoms with Crippen LogP contribution in [0.4, 0.5) is 5.69 Å². The maximum Gasteiger partial charge on any atom is 0.255 e. The van der Waals surface area contributed by atoms with E-state index in [9.17, 15) is 13.2 Å². The highest BCUT2D eigenvalue weighted by Gasteiger charge is 2.10. The molecule has 0 aliphatic heterocycles. The Bertz CT molecular complexity index is 778. The third kappa shape index (κ3) is 4.42. The van der Waals surface area contributed by atoms with Gasteiger partial charge in [-0.3, -0.25) is 4.79 Å². The van der Waals surface area contributed by atoms with Crippen molar-refractivity contribution in [2.45, 2.75) is 31.1 Å². The lowest BCUT2D eigenvalue weighted by atomic mass is 9.98. The molecule has 0 fully saturated rings. The minimum absolute atomic E-state index is 0.201. The molecule has 0 aromatic heterocycles. The molecule has 4 nitrogen and oxygen atoms in total. The molecule has 0 unspecified atom stereocenters. The summed E-state index contributed by atoms with van der Waals surface area (Å²) in [5.41, 5.74) is 2.38. The van der Waals surface area contributed by atoms with Gasteiger partial charge < -0.3 is 5.32 Å². The Labute approximate surface area is 137 Å². The Morgan fingerprint density at radius 2 is 1.61 bits per heavy atom. The third-order valence-electron chi connectivity index (χ3n) is 3.89. The highest BCUT2D eigenvalue weighted by atomic mass is 32.2. The first-order chi connectivity index (χ1) is 10.8. The second-order valence-corrected chi connectivity index (χ2v) is 7.70. The van der Waals surface area contributed by atoms with Crippen LogP contribution in [0.15, 0.2) is 53.4 Å². The van der Waals surface area contributed by atoms with E-state index in [0.717, 1.165) is 12.7 Å². The summed E-state index contributed by atoms with van der Waals surface area (Å²) < 4.78 is 22.8. The molecular weight excluding hydrogens is 310 g/mol. The monoisotopic (exact) mass is 331 g/mol. The molecule has 1 atom stereocenters. The summed E-state index contributed by atoms with van der Waals surface area (Å²) in [6, 6.07) is 13.7. The van der Waals surface area contributed by atoms with Crippen molar-refractivity contribution in [3.05, 3.63) is 59.7 Å². The van der Waals surface area contributed by atoms with Gasteiger partial charge in [-0.15, -0.1) is 0 Å². The van der Waals surface area contributed by atoms with Crippen molar-refractivity contribution < 1.29 is 13.2 Å². The number of sulfone groups is 1. The molecule has 0 aliphatic carbocycles. The zero-order valence-corrected chi connectivity index (χ0v) is 14.4. The Kier molecular flexibility index (Phi) is 5.21. The predicted molar refractivity (Wildman–Crippen MR) is 92.7 cm³/mol. The minimum atomic E-state index is -3.25. The van der Waals surface area contributed by atoms with E-state index in [1.54, 1.807) is 0 Å². The third-order valence-corrected chi connectivity index (χ3v) is 5.02. The van der Waals surface area contributed by atoms with Gasteiger partial charge in [0.2, 0.25) is 0 Å². The topological polar surface area (TPSA) is 63.2 Å². The van der Waals surface area contributed by atoms with Gasteiger partial charge in [-0.25, -0.2) is 8.42 Å². The molecule has 0 spiro atoms. The van der Waals surface area contributed by atoms with Crippen LogP contribution in [0, 0.1) is 0 Å². The maximum absolute atomic E-state index is 12.2. The molecule has 0 bridgehead atoms. The highest BCUT2D eigenvalue weighted by Crippen LogP contribution is 2.21. The molecule has 2 rings (SSSR count). The Morgan fingerprint density at radius 3 is 2.09 bits per heavy atom. The molecule has 0 saturated heterocycles. The number of benzene rings is 2. The second kappa shape index (κ2) is 6.96. The second-order valence-electron chi connectivity index (χ2n) is 5.68. The molecular formula is C18H21NO3S. The average molecular weight is 331 g/mol. The van der Waals surface area contributed by atoms with Gasteiger partial charge in [0.05, 0.1) is 4.90 Å². The summed E-state index contributed by atoms with van der Waals surface area (Å²) in [7, 11) is -3.25. The Hall–Kier alpha value is -2.14. The smallest absolute Gasteiger partial charge is 0.255 e. The van der Waals surface area contributed by atoms with Gasteiger partial charge in [-0.2, -0.15) is 0 Å². The van der Waals surface area contributed by atoms with Crippen molar-refractivity contribution in [1.29, 1.82) is 0 Å². The molecule has 2 aromatic carbocycles. The Morgan fingerprint density at radius 1 is 1.04 bits per heavy atom. The summed E-state index contributed by atoms with van der Waals surface area (Å²) in [6.07, 6.45) is 2.21. The van der Waals surface area contributed by atoms with E-state index in [2.05, 4.69) is 19.2 Å². The minimum Gasteiger partial charge on any atom is -0.322 e. The van der Waals surface area contributed by atoms with Crippen molar-refractivity contribution in [1.82, 2.24) is 0 Å². The molecule has 23 heavy (non-hydrogen) atoms. The molecule has 0 saturated carbocycles. The van der Waals surface area contributed by atoms with Crippen LogP contribution in [0.5, 0.6) is 0 Å². The van der Waals surface area contributed by atoms with E-state index < -0.39 is 9.84 Å². The molecule has 0 aliphatic rings. The SMILES string of the molecule is CC[C@H](C)c1ccc(NC(=O)c2ccc(S(C)(=O)=O)cc2)cc1. The largest absolute Gasteiger partial charge is 0.322 e. The zero-order chi connectivity index (χ0) is 17.0. The lowest BCUT2D eigenvalue weighted by Crippen LogP contribution is -2.12. The number of nitrogens with one attached hydrogen (secondary N) is 1. The number of rotatable bonds is 5. The number of carbonyl (C=O) groups excluding carboxylic acids is 1. The number of carbonyl (C=O) groups is 1. The summed E-state index contributed by atoms with van der Waals surface area (Å²) in [5.74, 6) is 0.227. The van der Waals surface area contributed by atoms with Crippen molar-refractivity contribution >= 4 is 21.4 Å². The van der Waals surface area contributed by atoms with E-state index >= 15 is 0 Å². The van der Waals surface area contributed by atoms with E-state index in [0.29, 0.717) is 17.2 Å². The fourth-order valence-electron chi connectivity index (χ4n) is 2.19. The fourth-order valence-corrected chi connectivity index (χ4v) is 2.82. The molecule has 0 radical (unpaired) electrons. The first-order valence-corrected chi connectivity index (χ1v) is 9.42. The quantitative estimate of drug-likeness (QED) is 0.905. The fraction of sp³-hybridized carbons (Fsp3) is 0.278. The number of hydrogen-bond donors (Lipinski definition) is 1. The summed E-state index contributed by atoms with van der Waals surface area (Å²) in [4.78, 5) is 12.4. The Balaban J connectivity index is 2.10. The molecule has 1 N–H and O–H groups in total. The summed E-state index contributed by atoms with van der Waals surface area (Å²) in [5, 5.41) is 2.81. The van der Waals surface area contributed by atoms with Crippen LogP contribution in [0.3, 0.4) is 0 Å². The van der Waals surface area contributed by atoms with Crippen molar-refractivity contribution in [2.24, 2.45) is 0 Å². The van der Waals surface area contributed by atoms with Crippen molar-refractivity contribution in [3.63, 3.8) is 0 Å². The zero-order valence-electron chi connectivity index (χ0n) is 13.5. The lowest BCUT2D eigenvalue weighted by molar-refractivity contribution is 0.102. The number of hydrogen-bond acceptors (Lipinski definition) is 3. The van der Waals surface area contributed by atoms with Gasteiger partial charge in [0.25, 0.3) is 5.91 Å².